The van der Waals surface area contributed by atoms with Crippen molar-refractivity contribution < 1.29 is 4.79 Å². The molecule has 19 heavy (non-hydrogen) atoms. The van der Waals surface area contributed by atoms with Crippen LogP contribution < -0.4 is 10.6 Å². The summed E-state index contributed by atoms with van der Waals surface area (Å²) in [6.45, 7) is 2.93. The van der Waals surface area contributed by atoms with E-state index in [2.05, 4.69) is 29.7 Å². The van der Waals surface area contributed by atoms with E-state index in [1.165, 1.54) is 37.7 Å². The fourth-order valence-electron chi connectivity index (χ4n) is 2.63. The van der Waals surface area contributed by atoms with Crippen LogP contribution >= 0.6 is 0 Å². The molecule has 0 spiro atoms. The lowest BCUT2D eigenvalue weighted by Gasteiger charge is -2.21. The zero-order chi connectivity index (χ0) is 13.5. The van der Waals surface area contributed by atoms with Crippen molar-refractivity contribution >= 4 is 11.7 Å². The Balaban J connectivity index is 1.73. The summed E-state index contributed by atoms with van der Waals surface area (Å²) in [5.74, 6) is 0.668. The van der Waals surface area contributed by atoms with Gasteiger partial charge in [0.2, 0.25) is 0 Å². The third kappa shape index (κ3) is 4.58. The van der Waals surface area contributed by atoms with E-state index < -0.39 is 0 Å². The third-order valence-corrected chi connectivity index (χ3v) is 3.90. The lowest BCUT2D eigenvalue weighted by atomic mass is 9.89. The summed E-state index contributed by atoms with van der Waals surface area (Å²) in [6, 6.07) is 7.93. The third-order valence-electron chi connectivity index (χ3n) is 3.90. The Labute approximate surface area is 115 Å². The summed E-state index contributed by atoms with van der Waals surface area (Å²) in [7, 11) is 0. The Morgan fingerprint density at radius 2 is 1.84 bits per heavy atom. The van der Waals surface area contributed by atoms with Gasteiger partial charge in [0.05, 0.1) is 0 Å². The van der Waals surface area contributed by atoms with E-state index in [1.807, 2.05) is 12.1 Å². The van der Waals surface area contributed by atoms with Gasteiger partial charge in [-0.05, 0) is 42.9 Å². The summed E-state index contributed by atoms with van der Waals surface area (Å²) in [6.07, 6.45) is 7.51. The normalized spacial score (nSPS) is 16.1. The first-order chi connectivity index (χ1) is 9.28. The first-order valence-electron chi connectivity index (χ1n) is 7.41. The SMILES string of the molecule is CCc1ccc(NC(=O)NCC2CCCCC2)cc1. The molecule has 3 heteroatoms. The molecule has 104 valence electrons. The number of amides is 2. The van der Waals surface area contributed by atoms with Gasteiger partial charge in [-0.1, -0.05) is 38.3 Å². The molecule has 1 saturated carbocycles. The van der Waals surface area contributed by atoms with Crippen LogP contribution in [-0.4, -0.2) is 12.6 Å². The Morgan fingerprint density at radius 3 is 2.47 bits per heavy atom. The second-order valence-corrected chi connectivity index (χ2v) is 5.39. The standard InChI is InChI=1S/C16H24N2O/c1-2-13-8-10-15(11-9-13)18-16(19)17-12-14-6-4-3-5-7-14/h8-11,14H,2-7,12H2,1H3,(H2,17,18,19). The first-order valence-corrected chi connectivity index (χ1v) is 7.41. The van der Waals surface area contributed by atoms with Gasteiger partial charge < -0.3 is 10.6 Å². The van der Waals surface area contributed by atoms with Gasteiger partial charge in [0.15, 0.2) is 0 Å². The molecule has 1 aliphatic carbocycles. The molecule has 0 atom stereocenters. The highest BCUT2D eigenvalue weighted by Crippen LogP contribution is 2.22. The molecule has 2 N–H and O–H groups in total. The number of hydrogen-bond donors (Lipinski definition) is 2. The molecule has 0 aliphatic heterocycles. The van der Waals surface area contributed by atoms with Crippen LogP contribution in [0.1, 0.15) is 44.6 Å². The second kappa shape index (κ2) is 7.17. The van der Waals surface area contributed by atoms with Crippen molar-refractivity contribution in [1.29, 1.82) is 0 Å². The molecule has 3 nitrogen and oxygen atoms in total. The van der Waals surface area contributed by atoms with Gasteiger partial charge in [0.25, 0.3) is 0 Å². The highest BCUT2D eigenvalue weighted by atomic mass is 16.2. The van der Waals surface area contributed by atoms with Crippen molar-refractivity contribution in [3.8, 4) is 0 Å². The zero-order valence-corrected chi connectivity index (χ0v) is 11.7. The van der Waals surface area contributed by atoms with E-state index in [4.69, 9.17) is 0 Å². The molecular weight excluding hydrogens is 236 g/mol. The van der Waals surface area contributed by atoms with Crippen molar-refractivity contribution in [2.75, 3.05) is 11.9 Å². The van der Waals surface area contributed by atoms with Gasteiger partial charge in [0, 0.05) is 12.2 Å². The second-order valence-electron chi connectivity index (χ2n) is 5.39. The molecule has 0 radical (unpaired) electrons. The number of benzene rings is 1. The molecule has 2 amide bonds. The molecule has 0 unspecified atom stereocenters. The lowest BCUT2D eigenvalue weighted by Crippen LogP contribution is -2.33. The molecular formula is C16H24N2O. The van der Waals surface area contributed by atoms with Crippen LogP contribution in [0.25, 0.3) is 0 Å². The Kier molecular flexibility index (Phi) is 5.25. The molecule has 2 rings (SSSR count). The Morgan fingerprint density at radius 1 is 1.16 bits per heavy atom. The van der Waals surface area contributed by atoms with E-state index in [0.29, 0.717) is 5.92 Å². The molecule has 0 heterocycles. The number of hydrogen-bond acceptors (Lipinski definition) is 1. The molecule has 0 saturated heterocycles. The highest BCUT2D eigenvalue weighted by molar-refractivity contribution is 5.89. The fraction of sp³-hybridized carbons (Fsp3) is 0.562. The molecule has 1 aromatic carbocycles. The van der Waals surface area contributed by atoms with Gasteiger partial charge in [-0.2, -0.15) is 0 Å². The van der Waals surface area contributed by atoms with E-state index in [1.54, 1.807) is 0 Å². The van der Waals surface area contributed by atoms with Crippen LogP contribution in [0.2, 0.25) is 0 Å². The predicted molar refractivity (Wildman–Crippen MR) is 79.4 cm³/mol. The molecule has 0 bridgehead atoms. The van der Waals surface area contributed by atoms with Gasteiger partial charge in [-0.25, -0.2) is 4.79 Å². The predicted octanol–water partition coefficient (Wildman–Crippen LogP) is 3.95. The summed E-state index contributed by atoms with van der Waals surface area (Å²) >= 11 is 0. The minimum Gasteiger partial charge on any atom is -0.338 e. The van der Waals surface area contributed by atoms with Crippen molar-refractivity contribution in [2.24, 2.45) is 5.92 Å². The summed E-state index contributed by atoms with van der Waals surface area (Å²) in [4.78, 5) is 11.8. The van der Waals surface area contributed by atoms with Crippen LogP contribution in [0.5, 0.6) is 0 Å². The maximum absolute atomic E-state index is 11.8. The largest absolute Gasteiger partial charge is 0.338 e. The maximum Gasteiger partial charge on any atom is 0.319 e. The van der Waals surface area contributed by atoms with Crippen LogP contribution in [0.15, 0.2) is 24.3 Å². The summed E-state index contributed by atoms with van der Waals surface area (Å²) in [5.41, 5.74) is 2.14. The molecule has 1 aliphatic rings. The highest BCUT2D eigenvalue weighted by Gasteiger charge is 2.14. The first kappa shape index (κ1) is 13.9. The smallest absolute Gasteiger partial charge is 0.319 e. The van der Waals surface area contributed by atoms with Gasteiger partial charge in [-0.3, -0.25) is 0 Å². The average Bonchev–Trinajstić information content (AvgIpc) is 2.47. The topological polar surface area (TPSA) is 41.1 Å². The number of anilines is 1. The van der Waals surface area contributed by atoms with Gasteiger partial charge in [0.1, 0.15) is 0 Å². The minimum absolute atomic E-state index is 0.0881. The van der Waals surface area contributed by atoms with Gasteiger partial charge in [-0.15, -0.1) is 0 Å². The number of aryl methyl sites for hydroxylation is 1. The molecule has 0 aromatic heterocycles. The monoisotopic (exact) mass is 260 g/mol. The maximum atomic E-state index is 11.8. The number of rotatable bonds is 4. The van der Waals surface area contributed by atoms with Gasteiger partial charge >= 0.3 is 6.03 Å². The average molecular weight is 260 g/mol. The zero-order valence-electron chi connectivity index (χ0n) is 11.7. The fourth-order valence-corrected chi connectivity index (χ4v) is 2.63. The summed E-state index contributed by atoms with van der Waals surface area (Å²) in [5, 5.41) is 5.86. The van der Waals surface area contributed by atoms with E-state index in [0.717, 1.165) is 18.7 Å². The van der Waals surface area contributed by atoms with Crippen LogP contribution in [0.4, 0.5) is 10.5 Å². The van der Waals surface area contributed by atoms with Crippen molar-refractivity contribution in [2.45, 2.75) is 45.4 Å². The molecule has 1 fully saturated rings. The van der Waals surface area contributed by atoms with E-state index in [-0.39, 0.29) is 6.03 Å². The van der Waals surface area contributed by atoms with Crippen LogP contribution in [0.3, 0.4) is 0 Å². The quantitative estimate of drug-likeness (QED) is 0.845. The Bertz CT molecular complexity index is 394. The number of nitrogens with one attached hydrogen (secondary N) is 2. The number of carbonyl (C=O) groups is 1. The van der Waals surface area contributed by atoms with Crippen molar-refractivity contribution in [1.82, 2.24) is 5.32 Å². The summed E-state index contributed by atoms with van der Waals surface area (Å²) < 4.78 is 0. The van der Waals surface area contributed by atoms with Crippen LogP contribution in [0, 0.1) is 5.92 Å². The van der Waals surface area contributed by atoms with Crippen molar-refractivity contribution in [3.05, 3.63) is 29.8 Å². The van der Waals surface area contributed by atoms with Crippen LogP contribution in [-0.2, 0) is 6.42 Å². The van der Waals surface area contributed by atoms with E-state index in [9.17, 15) is 4.79 Å². The number of carbonyl (C=O) groups excluding carboxylic acids is 1. The molecule has 1 aromatic rings. The Hall–Kier alpha value is -1.51. The van der Waals surface area contributed by atoms with Crippen molar-refractivity contribution in [3.63, 3.8) is 0 Å². The minimum atomic E-state index is -0.0881. The number of urea groups is 1. The lowest BCUT2D eigenvalue weighted by molar-refractivity contribution is 0.247. The van der Waals surface area contributed by atoms with E-state index >= 15 is 0 Å².